The summed E-state index contributed by atoms with van der Waals surface area (Å²) in [5.41, 5.74) is 10.1. The Morgan fingerprint density at radius 1 is 0.447 bits per heavy atom. The molecule has 47 heavy (non-hydrogen) atoms. The lowest BCUT2D eigenvalue weighted by molar-refractivity contribution is 1.14. The molecule has 0 saturated carbocycles. The molecular weight excluding hydrogens is 606 g/mol. The summed E-state index contributed by atoms with van der Waals surface area (Å²) in [6.07, 6.45) is 0. The van der Waals surface area contributed by atoms with Crippen LogP contribution in [0.1, 0.15) is 0 Å². The lowest BCUT2D eigenvalue weighted by atomic mass is 9.98. The molecule has 1 atom stereocenters. The number of benzene rings is 7. The van der Waals surface area contributed by atoms with Gasteiger partial charge in [-0.3, -0.25) is 0 Å². The molecule has 10 rings (SSSR count). The van der Waals surface area contributed by atoms with Crippen LogP contribution in [0.4, 0.5) is 0 Å². The van der Waals surface area contributed by atoms with Gasteiger partial charge in [0.15, 0.2) is 0 Å². The maximum atomic E-state index is 2.50. The standard InChI is InChI=1S/C44H28NPS/c1-2-12-32(13-3-1)46-39-19-9-5-16-35(39)43-34-15-4-8-18-38(34)45(44(43)36-17-6-10-20-40(36)46)31-25-22-29(23-26-31)30-24-27-42-37(28-30)33-14-7-11-21-41(33)47-42/h1-28H. The first-order chi connectivity index (χ1) is 23.3. The van der Waals surface area contributed by atoms with Crippen molar-refractivity contribution in [1.82, 2.24) is 4.57 Å². The van der Waals surface area contributed by atoms with E-state index in [9.17, 15) is 0 Å². The van der Waals surface area contributed by atoms with Crippen molar-refractivity contribution in [3.05, 3.63) is 170 Å². The van der Waals surface area contributed by atoms with E-state index < -0.39 is 7.92 Å². The summed E-state index contributed by atoms with van der Waals surface area (Å²) in [7, 11) is -0.754. The van der Waals surface area contributed by atoms with Gasteiger partial charge in [0.2, 0.25) is 0 Å². The highest BCUT2D eigenvalue weighted by Gasteiger charge is 2.32. The summed E-state index contributed by atoms with van der Waals surface area (Å²) in [5.74, 6) is 0. The molecule has 0 spiro atoms. The Morgan fingerprint density at radius 3 is 1.89 bits per heavy atom. The van der Waals surface area contributed by atoms with Crippen molar-refractivity contribution in [3.63, 3.8) is 0 Å². The van der Waals surface area contributed by atoms with Crippen LogP contribution in [0.15, 0.2) is 170 Å². The summed E-state index contributed by atoms with van der Waals surface area (Å²) in [5, 5.41) is 8.14. The van der Waals surface area contributed by atoms with E-state index in [4.69, 9.17) is 0 Å². The Bertz CT molecular complexity index is 2630. The molecule has 0 fully saturated rings. The Morgan fingerprint density at radius 2 is 1.06 bits per heavy atom. The largest absolute Gasteiger partial charge is 0.309 e. The van der Waals surface area contributed by atoms with Crippen LogP contribution in [0, 0.1) is 0 Å². The van der Waals surface area contributed by atoms with Gasteiger partial charge in [-0.2, -0.15) is 0 Å². The number of hydrogen-bond donors (Lipinski definition) is 0. The first kappa shape index (κ1) is 26.9. The predicted molar refractivity (Wildman–Crippen MR) is 205 cm³/mol. The van der Waals surface area contributed by atoms with Gasteiger partial charge in [0.1, 0.15) is 0 Å². The minimum absolute atomic E-state index is 0.754. The van der Waals surface area contributed by atoms with Gasteiger partial charge in [-0.1, -0.05) is 133 Å². The lowest BCUT2D eigenvalue weighted by Gasteiger charge is -2.22. The number of rotatable bonds is 3. The summed E-state index contributed by atoms with van der Waals surface area (Å²) in [4.78, 5) is 0. The summed E-state index contributed by atoms with van der Waals surface area (Å²) < 4.78 is 5.18. The quantitative estimate of drug-likeness (QED) is 0.171. The fourth-order valence-electron chi connectivity index (χ4n) is 7.48. The first-order valence-corrected chi connectivity index (χ1v) is 18.2. The molecule has 0 saturated heterocycles. The second kappa shape index (κ2) is 10.6. The molecule has 3 heterocycles. The first-order valence-electron chi connectivity index (χ1n) is 16.0. The second-order valence-electron chi connectivity index (χ2n) is 12.1. The molecule has 220 valence electrons. The molecule has 1 nitrogen and oxygen atoms in total. The van der Waals surface area contributed by atoms with E-state index in [1.807, 2.05) is 11.3 Å². The lowest BCUT2D eigenvalue weighted by Crippen LogP contribution is -2.22. The highest BCUT2D eigenvalue weighted by Crippen LogP contribution is 2.50. The minimum atomic E-state index is -0.754. The van der Waals surface area contributed by atoms with Crippen LogP contribution in [0.2, 0.25) is 0 Å². The van der Waals surface area contributed by atoms with Gasteiger partial charge in [0, 0.05) is 42.4 Å². The molecule has 1 aliphatic rings. The number of thiophene rings is 1. The molecule has 0 radical (unpaired) electrons. The average Bonchev–Trinajstić information content (AvgIpc) is 3.65. The highest BCUT2D eigenvalue weighted by molar-refractivity contribution is 7.80. The number of para-hydroxylation sites is 1. The smallest absolute Gasteiger partial charge is 0.0626 e. The van der Waals surface area contributed by atoms with E-state index in [1.165, 1.54) is 86.2 Å². The monoisotopic (exact) mass is 633 g/mol. The Hall–Kier alpha value is -5.27. The molecule has 1 unspecified atom stereocenters. The molecule has 1 aliphatic heterocycles. The fourth-order valence-corrected chi connectivity index (χ4v) is 11.2. The third kappa shape index (κ3) is 4.12. The maximum absolute atomic E-state index is 2.50. The Labute approximate surface area is 278 Å². The van der Waals surface area contributed by atoms with Crippen molar-refractivity contribution in [2.75, 3.05) is 0 Å². The normalized spacial score (nSPS) is 13.7. The van der Waals surface area contributed by atoms with E-state index in [0.29, 0.717) is 0 Å². The Kier molecular flexibility index (Phi) is 6.09. The second-order valence-corrected chi connectivity index (χ2v) is 15.4. The van der Waals surface area contributed by atoms with Gasteiger partial charge in [0.25, 0.3) is 0 Å². The molecule has 3 heteroatoms. The average molecular weight is 634 g/mol. The van der Waals surface area contributed by atoms with Crippen LogP contribution >= 0.6 is 19.3 Å². The van der Waals surface area contributed by atoms with Crippen molar-refractivity contribution >= 4 is 66.2 Å². The zero-order valence-corrected chi connectivity index (χ0v) is 27.2. The number of nitrogens with zero attached hydrogens (tertiary/aromatic N) is 1. The summed E-state index contributed by atoms with van der Waals surface area (Å²) in [6.45, 7) is 0. The van der Waals surface area contributed by atoms with Gasteiger partial charge in [-0.25, -0.2) is 0 Å². The molecule has 0 aliphatic carbocycles. The number of aromatic nitrogens is 1. The molecule has 0 bridgehead atoms. The molecule has 2 aromatic heterocycles. The molecule has 0 N–H and O–H groups in total. The SMILES string of the molecule is c1ccc(P2c3ccccc3-c3c(n(-c4ccc(-c5ccc6sc7ccccc7c6c5)cc4)c4ccccc34)-c3ccccc32)cc1. The molecular formula is C44H28NPS. The minimum Gasteiger partial charge on any atom is -0.309 e. The Balaban J connectivity index is 1.20. The maximum Gasteiger partial charge on any atom is 0.0626 e. The van der Waals surface area contributed by atoms with E-state index in [0.717, 1.165) is 0 Å². The molecule has 0 amide bonds. The van der Waals surface area contributed by atoms with E-state index >= 15 is 0 Å². The number of hydrogen-bond acceptors (Lipinski definition) is 1. The zero-order valence-electron chi connectivity index (χ0n) is 25.5. The van der Waals surface area contributed by atoms with Gasteiger partial charge in [-0.15, -0.1) is 11.3 Å². The number of fused-ring (bicyclic) bond motifs is 10. The van der Waals surface area contributed by atoms with Crippen molar-refractivity contribution in [2.24, 2.45) is 0 Å². The van der Waals surface area contributed by atoms with Crippen molar-refractivity contribution < 1.29 is 0 Å². The topological polar surface area (TPSA) is 4.93 Å². The van der Waals surface area contributed by atoms with Gasteiger partial charge >= 0.3 is 0 Å². The van der Waals surface area contributed by atoms with Crippen LogP contribution in [0.5, 0.6) is 0 Å². The van der Waals surface area contributed by atoms with Crippen LogP contribution in [-0.4, -0.2) is 4.57 Å². The summed E-state index contributed by atoms with van der Waals surface area (Å²) in [6, 6.07) is 63.0. The molecule has 9 aromatic rings. The third-order valence-corrected chi connectivity index (χ3v) is 13.2. The summed E-state index contributed by atoms with van der Waals surface area (Å²) >= 11 is 1.87. The van der Waals surface area contributed by atoms with Gasteiger partial charge in [-0.05, 0) is 76.9 Å². The predicted octanol–water partition coefficient (Wildman–Crippen LogP) is 11.1. The van der Waals surface area contributed by atoms with E-state index in [2.05, 4.69) is 174 Å². The van der Waals surface area contributed by atoms with E-state index in [-0.39, 0.29) is 0 Å². The van der Waals surface area contributed by atoms with Crippen molar-refractivity contribution in [3.8, 4) is 39.2 Å². The van der Waals surface area contributed by atoms with Crippen molar-refractivity contribution in [1.29, 1.82) is 0 Å². The highest BCUT2D eigenvalue weighted by atomic mass is 32.1. The zero-order chi connectivity index (χ0) is 30.9. The molecule has 7 aromatic carbocycles. The van der Waals surface area contributed by atoms with Gasteiger partial charge in [0.05, 0.1) is 11.2 Å². The van der Waals surface area contributed by atoms with Gasteiger partial charge < -0.3 is 4.57 Å². The van der Waals surface area contributed by atoms with Crippen LogP contribution in [0.3, 0.4) is 0 Å². The van der Waals surface area contributed by atoms with Crippen LogP contribution in [-0.2, 0) is 0 Å². The van der Waals surface area contributed by atoms with E-state index in [1.54, 1.807) is 0 Å². The third-order valence-electron chi connectivity index (χ3n) is 9.54. The fraction of sp³-hybridized carbons (Fsp3) is 0. The van der Waals surface area contributed by atoms with Crippen LogP contribution in [0.25, 0.3) is 70.3 Å². The van der Waals surface area contributed by atoms with Crippen LogP contribution < -0.4 is 15.9 Å². The van der Waals surface area contributed by atoms with Crippen molar-refractivity contribution in [2.45, 2.75) is 0 Å².